The van der Waals surface area contributed by atoms with Gasteiger partial charge in [-0.3, -0.25) is 24.6 Å². The number of esters is 1. The predicted molar refractivity (Wildman–Crippen MR) is 373 cm³/mol. The van der Waals surface area contributed by atoms with Crippen molar-refractivity contribution in [3.8, 4) is 0 Å². The number of hydroxylamine groups is 1. The van der Waals surface area contributed by atoms with Gasteiger partial charge in [-0.1, -0.05) is 87.1 Å². The van der Waals surface area contributed by atoms with Crippen LogP contribution in [0.1, 0.15) is 85.4 Å². The number of halogens is 5. The average molecular weight is 1380 g/mol. The van der Waals surface area contributed by atoms with Gasteiger partial charge in [-0.05, 0) is 146 Å². The minimum absolute atomic E-state index is 0. The van der Waals surface area contributed by atoms with Crippen LogP contribution in [0.2, 0.25) is 0 Å². The van der Waals surface area contributed by atoms with Crippen molar-refractivity contribution < 1.29 is 38.5 Å². The number of nitrogens with zero attached hydrogens (tertiary/aromatic N) is 14. The molecule has 0 saturated carbocycles. The van der Waals surface area contributed by atoms with Gasteiger partial charge in [-0.25, -0.2) is 62.9 Å². The van der Waals surface area contributed by atoms with Gasteiger partial charge in [-0.2, -0.15) is 0 Å². The molecule has 0 spiro atoms. The van der Waals surface area contributed by atoms with Crippen molar-refractivity contribution in [1.82, 2.24) is 63.6 Å². The lowest BCUT2D eigenvalue weighted by Crippen LogP contribution is -2.23. The van der Waals surface area contributed by atoms with Gasteiger partial charge in [0, 0.05) is 55.5 Å². The molecular weight excluding hydrogens is 1300 g/mol. The number of fused-ring (bicyclic) bond motifs is 4. The number of benzene rings is 4. The van der Waals surface area contributed by atoms with Gasteiger partial charge in [0.2, 0.25) is 29.7 Å². The van der Waals surface area contributed by atoms with Gasteiger partial charge in [0.15, 0.2) is 0 Å². The van der Waals surface area contributed by atoms with E-state index in [1.54, 1.807) is 29.7 Å². The van der Waals surface area contributed by atoms with Gasteiger partial charge in [0.1, 0.15) is 45.3 Å². The summed E-state index contributed by atoms with van der Waals surface area (Å²) >= 11 is 3.07. The summed E-state index contributed by atoms with van der Waals surface area (Å²) < 4.78 is 65.0. The lowest BCUT2D eigenvalue weighted by atomic mass is 10.1. The van der Waals surface area contributed by atoms with Gasteiger partial charge in [0.05, 0.1) is 75.5 Å². The number of imidazole rings is 4. The average Bonchev–Trinajstić information content (AvgIpc) is 1.66. The van der Waals surface area contributed by atoms with Crippen molar-refractivity contribution in [2.45, 2.75) is 84.0 Å². The standard InChI is InChI=1S/C23H29FN4O2.C21H26FN5O2.C13H11FN4.C8H9N3.C5H3BrFN.H2/c1-3-30-22(29)13-7-5-4-6-10-16-28(21-15-14-18(24)17-25-21)23-26-19-11-8-9-12-20(19)27(23)2;1-26-18-10-7-6-9-17(18)24-21(26)27(19-13-12-16(22)15-23-19)14-8-4-2-3-5-11-20(28)25-29;1-18-11-5-3-2-4-10(11)16-13(18)17-12-7-6-9(14)8-15-12;1-11-7-5-3-2-4-6(7)10-8(11)9;6-5-2-1-4(7)3-8-5;/h8-9,11-12,14-15,17H,3-7,10,13,16H2,1-2H3;6-7,9-10,12-13,15,29H,2-5,8,11,14H2,1H3,(H,25,28);2-8H,1H3,(H,15,16,17);2-5H,1H3,(H2,9,10);1-3H;1H/i;;;;;1+2. The molecule has 0 atom stereocenters. The van der Waals surface area contributed by atoms with Gasteiger partial charge >= 0.3 is 5.97 Å². The Kier molecular flexibility index (Phi) is 27.1. The zero-order chi connectivity index (χ0) is 68.3. The second-order valence-electron chi connectivity index (χ2n) is 22.1. The Morgan fingerprint density at radius 3 is 1.31 bits per heavy atom. The number of carbonyl (C=O) groups excluding carboxylic acids is 2. The maximum atomic E-state index is 13.4. The fraction of sp³-hybridized carbons (Fsp3) is 0.286. The predicted octanol–water partition coefficient (Wildman–Crippen LogP) is 15.5. The van der Waals surface area contributed by atoms with Crippen molar-refractivity contribution >= 4 is 113 Å². The fourth-order valence-corrected chi connectivity index (χ4v) is 10.5. The number of anilines is 7. The van der Waals surface area contributed by atoms with Crippen molar-refractivity contribution in [1.29, 1.82) is 0 Å². The number of para-hydroxylation sites is 8. The number of aromatic nitrogens is 12. The quantitative estimate of drug-likeness (QED) is 0.0116. The Hall–Kier alpha value is -10.3. The molecule has 4 aromatic carbocycles. The summed E-state index contributed by atoms with van der Waals surface area (Å²) in [6.45, 7) is 3.69. The van der Waals surface area contributed by atoms with Gasteiger partial charge < -0.3 is 34.1 Å². The lowest BCUT2D eigenvalue weighted by Gasteiger charge is -2.22. The first-order valence-electron chi connectivity index (χ1n) is 31.4. The zero-order valence-electron chi connectivity index (χ0n) is 54.2. The number of ether oxygens (including phenoxy) is 1. The zero-order valence-corrected chi connectivity index (χ0v) is 55.8. The molecule has 0 aliphatic heterocycles. The molecule has 0 fully saturated rings. The van der Waals surface area contributed by atoms with Gasteiger partial charge in [0.25, 0.3) is 0 Å². The Morgan fingerprint density at radius 1 is 0.500 bits per heavy atom. The monoisotopic (exact) mass is 1380 g/mol. The fourth-order valence-electron chi connectivity index (χ4n) is 10.2. The minimum Gasteiger partial charge on any atom is -0.466 e. The van der Waals surface area contributed by atoms with Crippen LogP contribution in [0.25, 0.3) is 44.1 Å². The summed E-state index contributed by atoms with van der Waals surface area (Å²) in [6.07, 6.45) is 15.1. The van der Waals surface area contributed by atoms with Crippen LogP contribution in [0.4, 0.5) is 58.8 Å². The summed E-state index contributed by atoms with van der Waals surface area (Å²) in [5.41, 5.74) is 15.1. The first-order valence-corrected chi connectivity index (χ1v) is 32.2. The third kappa shape index (κ3) is 20.6. The Balaban J connectivity index is 0.000000182. The molecule has 12 rings (SSSR count). The van der Waals surface area contributed by atoms with Crippen LogP contribution in [0.15, 0.2) is 175 Å². The van der Waals surface area contributed by atoms with E-state index in [0.717, 1.165) is 133 Å². The first-order chi connectivity index (χ1) is 46.5. The van der Waals surface area contributed by atoms with Crippen LogP contribution in [0, 0.1) is 23.3 Å². The van der Waals surface area contributed by atoms with E-state index in [0.29, 0.717) is 59.9 Å². The molecule has 5 N–H and O–H groups in total. The van der Waals surface area contributed by atoms with Crippen molar-refractivity contribution in [2.75, 3.05) is 40.5 Å². The van der Waals surface area contributed by atoms with E-state index in [-0.39, 0.29) is 36.6 Å². The number of hydrogen-bond acceptors (Lipinski definition) is 16. The van der Waals surface area contributed by atoms with Crippen molar-refractivity contribution in [3.63, 3.8) is 0 Å². The lowest BCUT2D eigenvalue weighted by molar-refractivity contribution is -0.143. The number of carbonyl (C=O) groups is 2. The maximum absolute atomic E-state index is 13.4. The number of nitrogen functional groups attached to an aromatic ring is 1. The molecule has 504 valence electrons. The molecule has 0 aliphatic rings. The van der Waals surface area contributed by atoms with Crippen LogP contribution >= 0.6 is 15.9 Å². The Morgan fingerprint density at radius 2 is 0.906 bits per heavy atom. The molecule has 8 aromatic heterocycles. The molecule has 26 heteroatoms. The van der Waals surface area contributed by atoms with E-state index < -0.39 is 0 Å². The molecule has 96 heavy (non-hydrogen) atoms. The number of pyridine rings is 4. The minimum atomic E-state index is -0.370. The smallest absolute Gasteiger partial charge is 0.305 e. The highest BCUT2D eigenvalue weighted by Gasteiger charge is 2.20. The Labute approximate surface area is 563 Å². The van der Waals surface area contributed by atoms with Crippen LogP contribution in [0.3, 0.4) is 0 Å². The highest BCUT2D eigenvalue weighted by molar-refractivity contribution is 9.10. The second kappa shape index (κ2) is 36.4. The third-order valence-electron chi connectivity index (χ3n) is 15.2. The van der Waals surface area contributed by atoms with Crippen molar-refractivity contribution in [2.24, 2.45) is 28.2 Å². The molecule has 1 amide bonds. The highest BCUT2D eigenvalue weighted by atomic mass is 79.9. The molecule has 12 aromatic rings. The molecule has 21 nitrogen and oxygen atoms in total. The van der Waals surface area contributed by atoms with E-state index in [2.05, 4.69) is 51.2 Å². The highest BCUT2D eigenvalue weighted by Crippen LogP contribution is 2.30. The molecule has 0 saturated heterocycles. The number of nitrogens with one attached hydrogen (secondary N) is 2. The summed E-state index contributed by atoms with van der Waals surface area (Å²) in [5, 5.41) is 11.6. The number of amides is 1. The topological polar surface area (TPSA) is 243 Å². The molecule has 0 bridgehead atoms. The largest absolute Gasteiger partial charge is 0.466 e. The summed E-state index contributed by atoms with van der Waals surface area (Å²) in [5.74, 6) is 2.84. The van der Waals surface area contributed by atoms with E-state index >= 15 is 0 Å². The molecule has 0 aliphatic carbocycles. The summed E-state index contributed by atoms with van der Waals surface area (Å²) in [4.78, 5) is 60.7. The van der Waals surface area contributed by atoms with Crippen molar-refractivity contribution in [3.05, 3.63) is 198 Å². The molecule has 0 radical (unpaired) electrons. The SMILES string of the molecule is CCOC(=O)CCCCCCCN(c1ccc(F)cn1)c1nc2ccccc2n1C.Cn1c(N(CCCCCCCC(=O)NO)c2ccc(F)cn2)nc2ccccc21.Cn1c(N)nc2ccccc21.Cn1c(Nc2ccc(F)cn2)nc2ccccc21.Fc1ccc(Br)nc1.[3HH]. The number of hydrogen-bond donors (Lipinski definition) is 4. The number of aryl methyl sites for hydroxylation is 4. The summed E-state index contributed by atoms with van der Waals surface area (Å²) in [7, 11) is 7.77. The third-order valence-corrected chi connectivity index (χ3v) is 15.7. The van der Waals surface area contributed by atoms with Gasteiger partial charge in [-0.15, -0.1) is 0 Å². The van der Waals surface area contributed by atoms with E-state index in [1.807, 2.05) is 160 Å². The first kappa shape index (κ1) is 71.5. The number of nitrogens with two attached hydrogens (primary N) is 1. The van der Waals surface area contributed by atoms with Crippen LogP contribution in [-0.4, -0.2) is 94.9 Å². The van der Waals surface area contributed by atoms with E-state index in [1.165, 1.54) is 42.9 Å². The summed E-state index contributed by atoms with van der Waals surface area (Å²) in [6, 6.07) is 43.6. The normalized spacial score (nSPS) is 10.8. The van der Waals surface area contributed by atoms with Crippen LogP contribution < -0.4 is 26.3 Å². The second-order valence-corrected chi connectivity index (χ2v) is 22.9. The number of rotatable bonds is 23. The van der Waals surface area contributed by atoms with E-state index in [9.17, 15) is 27.2 Å². The van der Waals surface area contributed by atoms with Crippen LogP contribution in [-0.2, 0) is 42.5 Å². The molecule has 0 unspecified atom stereocenters. The molecular formula is C70H80BrF4N17O4. The Bertz CT molecular complexity index is 4370. The maximum Gasteiger partial charge on any atom is 0.305 e. The van der Waals surface area contributed by atoms with Crippen LogP contribution in [0.5, 0.6) is 0 Å². The number of unbranched alkanes of at least 4 members (excludes halogenated alkanes) is 8. The van der Waals surface area contributed by atoms with E-state index in [4.69, 9.17) is 25.6 Å². The molecule has 8 heterocycles.